The van der Waals surface area contributed by atoms with Crippen molar-refractivity contribution in [3.63, 3.8) is 0 Å². The Morgan fingerprint density at radius 1 is 1.46 bits per heavy atom. The number of rotatable bonds is 2. The van der Waals surface area contributed by atoms with Crippen molar-refractivity contribution in [3.8, 4) is 6.07 Å². The molecular formula is C9H8Cl2N2. The summed E-state index contributed by atoms with van der Waals surface area (Å²) in [7, 11) is 0. The molecular weight excluding hydrogens is 207 g/mol. The lowest BCUT2D eigenvalue weighted by atomic mass is 10.1. The van der Waals surface area contributed by atoms with Crippen LogP contribution in [0.3, 0.4) is 0 Å². The van der Waals surface area contributed by atoms with Crippen molar-refractivity contribution in [1.82, 2.24) is 0 Å². The van der Waals surface area contributed by atoms with Crippen molar-refractivity contribution in [2.24, 2.45) is 5.73 Å². The molecule has 2 N–H and O–H groups in total. The van der Waals surface area contributed by atoms with E-state index in [4.69, 9.17) is 34.2 Å². The largest absolute Gasteiger partial charge is 0.316 e. The van der Waals surface area contributed by atoms with Gasteiger partial charge < -0.3 is 5.73 Å². The molecule has 0 aliphatic heterocycles. The minimum atomic E-state index is -0.515. The number of nitrogens with zero attached hydrogens (tertiary/aromatic N) is 1. The van der Waals surface area contributed by atoms with E-state index in [1.54, 1.807) is 18.2 Å². The van der Waals surface area contributed by atoms with Crippen LogP contribution in [-0.4, -0.2) is 6.04 Å². The Morgan fingerprint density at radius 2 is 2.15 bits per heavy atom. The molecule has 0 aliphatic rings. The lowest BCUT2D eigenvalue weighted by Crippen LogP contribution is -2.20. The maximum absolute atomic E-state index is 8.50. The summed E-state index contributed by atoms with van der Waals surface area (Å²) in [6, 6.07) is 6.58. The Morgan fingerprint density at radius 3 is 2.69 bits per heavy atom. The monoisotopic (exact) mass is 214 g/mol. The molecule has 0 bridgehead atoms. The lowest BCUT2D eigenvalue weighted by molar-refractivity contribution is 0.823. The smallest absolute Gasteiger partial charge is 0.0969 e. The van der Waals surface area contributed by atoms with E-state index in [0.717, 1.165) is 5.56 Å². The Balaban J connectivity index is 2.85. The molecule has 0 heterocycles. The topological polar surface area (TPSA) is 49.8 Å². The third-order valence-corrected chi connectivity index (χ3v) is 2.21. The zero-order chi connectivity index (χ0) is 9.84. The zero-order valence-electron chi connectivity index (χ0n) is 6.80. The number of nitriles is 1. The van der Waals surface area contributed by atoms with Gasteiger partial charge in [-0.15, -0.1) is 0 Å². The fourth-order valence-corrected chi connectivity index (χ4v) is 1.46. The Kier molecular flexibility index (Phi) is 3.56. The van der Waals surface area contributed by atoms with Crippen LogP contribution in [0.25, 0.3) is 0 Å². The average Bonchev–Trinajstić information content (AvgIpc) is 2.09. The minimum absolute atomic E-state index is 0.451. The predicted octanol–water partition coefficient (Wildman–Crippen LogP) is 2.39. The second-order valence-corrected chi connectivity index (χ2v) is 3.52. The number of benzene rings is 1. The van der Waals surface area contributed by atoms with Gasteiger partial charge in [0, 0.05) is 16.5 Å². The summed E-state index contributed by atoms with van der Waals surface area (Å²) in [5.74, 6) is 0. The standard InChI is InChI=1S/C9H8Cl2N2/c10-7-2-1-6(9(11)4-7)3-8(13)5-12/h1-2,4,8H,3,13H2/t8-/m0/s1. The molecule has 13 heavy (non-hydrogen) atoms. The first-order valence-electron chi connectivity index (χ1n) is 3.72. The van der Waals surface area contributed by atoms with Crippen LogP contribution >= 0.6 is 23.2 Å². The molecule has 4 heteroatoms. The molecule has 2 nitrogen and oxygen atoms in total. The van der Waals surface area contributed by atoms with Gasteiger partial charge in [-0.25, -0.2) is 0 Å². The van der Waals surface area contributed by atoms with Crippen molar-refractivity contribution in [3.05, 3.63) is 33.8 Å². The highest BCUT2D eigenvalue weighted by atomic mass is 35.5. The van der Waals surface area contributed by atoms with Gasteiger partial charge in [-0.1, -0.05) is 29.3 Å². The van der Waals surface area contributed by atoms with Crippen LogP contribution in [-0.2, 0) is 6.42 Å². The van der Waals surface area contributed by atoms with Gasteiger partial charge in [0.05, 0.1) is 12.1 Å². The maximum atomic E-state index is 8.50. The fraction of sp³-hybridized carbons (Fsp3) is 0.222. The van der Waals surface area contributed by atoms with Crippen LogP contribution in [0.5, 0.6) is 0 Å². The number of hydrogen-bond donors (Lipinski definition) is 1. The van der Waals surface area contributed by atoms with Gasteiger partial charge in [-0.2, -0.15) is 5.26 Å². The van der Waals surface area contributed by atoms with Crippen molar-refractivity contribution in [1.29, 1.82) is 5.26 Å². The number of hydrogen-bond acceptors (Lipinski definition) is 2. The van der Waals surface area contributed by atoms with E-state index in [9.17, 15) is 0 Å². The second-order valence-electron chi connectivity index (χ2n) is 2.68. The maximum Gasteiger partial charge on any atom is 0.0969 e. The summed E-state index contributed by atoms with van der Waals surface area (Å²) >= 11 is 11.6. The second kappa shape index (κ2) is 4.48. The van der Waals surface area contributed by atoms with Gasteiger partial charge in [0.2, 0.25) is 0 Å². The van der Waals surface area contributed by atoms with Crippen LogP contribution in [0.2, 0.25) is 10.0 Å². The van der Waals surface area contributed by atoms with Crippen LogP contribution in [0.4, 0.5) is 0 Å². The minimum Gasteiger partial charge on any atom is -0.316 e. The predicted molar refractivity (Wildman–Crippen MR) is 53.8 cm³/mol. The highest BCUT2D eigenvalue weighted by Crippen LogP contribution is 2.21. The van der Waals surface area contributed by atoms with Crippen LogP contribution in [0.15, 0.2) is 18.2 Å². The van der Waals surface area contributed by atoms with Gasteiger partial charge in [-0.05, 0) is 17.7 Å². The van der Waals surface area contributed by atoms with E-state index >= 15 is 0 Å². The molecule has 0 fully saturated rings. The highest BCUT2D eigenvalue weighted by Gasteiger charge is 2.06. The molecule has 0 saturated carbocycles. The molecule has 0 amide bonds. The third kappa shape index (κ3) is 2.89. The van der Waals surface area contributed by atoms with E-state index in [0.29, 0.717) is 16.5 Å². The molecule has 0 aromatic heterocycles. The lowest BCUT2D eigenvalue weighted by Gasteiger charge is -2.05. The van der Waals surface area contributed by atoms with E-state index in [-0.39, 0.29) is 0 Å². The number of halogens is 2. The molecule has 0 aliphatic carbocycles. The molecule has 1 atom stereocenters. The first kappa shape index (κ1) is 10.3. The summed E-state index contributed by atoms with van der Waals surface area (Å²) in [6.45, 7) is 0. The van der Waals surface area contributed by atoms with Gasteiger partial charge in [0.25, 0.3) is 0 Å². The van der Waals surface area contributed by atoms with E-state index in [2.05, 4.69) is 0 Å². The first-order valence-corrected chi connectivity index (χ1v) is 4.48. The summed E-state index contributed by atoms with van der Waals surface area (Å²) in [5, 5.41) is 9.63. The summed E-state index contributed by atoms with van der Waals surface area (Å²) in [5.41, 5.74) is 6.31. The zero-order valence-corrected chi connectivity index (χ0v) is 8.31. The quantitative estimate of drug-likeness (QED) is 0.823. The highest BCUT2D eigenvalue weighted by molar-refractivity contribution is 6.35. The normalized spacial score (nSPS) is 12.2. The average molecular weight is 215 g/mol. The number of nitrogens with two attached hydrogens (primary N) is 1. The van der Waals surface area contributed by atoms with Crippen LogP contribution in [0, 0.1) is 11.3 Å². The molecule has 0 radical (unpaired) electrons. The third-order valence-electron chi connectivity index (χ3n) is 1.62. The van der Waals surface area contributed by atoms with E-state index in [1.165, 1.54) is 0 Å². The summed E-state index contributed by atoms with van der Waals surface area (Å²) in [4.78, 5) is 0. The van der Waals surface area contributed by atoms with Crippen molar-refractivity contribution in [2.45, 2.75) is 12.5 Å². The molecule has 1 aromatic carbocycles. The van der Waals surface area contributed by atoms with E-state index in [1.807, 2.05) is 6.07 Å². The van der Waals surface area contributed by atoms with Crippen LogP contribution < -0.4 is 5.73 Å². The molecule has 1 aromatic rings. The molecule has 0 spiro atoms. The van der Waals surface area contributed by atoms with E-state index < -0.39 is 6.04 Å². The van der Waals surface area contributed by atoms with Crippen molar-refractivity contribution in [2.75, 3.05) is 0 Å². The molecule has 68 valence electrons. The van der Waals surface area contributed by atoms with Crippen molar-refractivity contribution >= 4 is 23.2 Å². The summed E-state index contributed by atoms with van der Waals surface area (Å²) < 4.78 is 0. The summed E-state index contributed by atoms with van der Waals surface area (Å²) in [6.07, 6.45) is 0.451. The Bertz CT molecular complexity index is 344. The first-order chi connectivity index (χ1) is 6.13. The SMILES string of the molecule is N#C[C@@H](N)Cc1ccc(Cl)cc1Cl. The van der Waals surface area contributed by atoms with Gasteiger partial charge in [-0.3, -0.25) is 0 Å². The fourth-order valence-electron chi connectivity index (χ4n) is 0.970. The molecule has 1 rings (SSSR count). The van der Waals surface area contributed by atoms with Crippen molar-refractivity contribution < 1.29 is 0 Å². The van der Waals surface area contributed by atoms with Gasteiger partial charge in [0.15, 0.2) is 0 Å². The van der Waals surface area contributed by atoms with Gasteiger partial charge >= 0.3 is 0 Å². The molecule has 0 saturated heterocycles. The Hall–Kier alpha value is -0.750. The molecule has 0 unspecified atom stereocenters. The Labute approximate surface area is 86.9 Å². The van der Waals surface area contributed by atoms with Crippen LogP contribution in [0.1, 0.15) is 5.56 Å². The van der Waals surface area contributed by atoms with Gasteiger partial charge in [0.1, 0.15) is 0 Å².